The van der Waals surface area contributed by atoms with Crippen LogP contribution in [0.2, 0.25) is 5.02 Å². The first kappa shape index (κ1) is 19.0. The Hall–Kier alpha value is -2.79. The highest BCUT2D eigenvalue weighted by atomic mass is 35.5. The molecular weight excluding hydrogens is 366 g/mol. The molecule has 0 aliphatic carbocycles. The van der Waals surface area contributed by atoms with E-state index in [1.807, 2.05) is 39.0 Å². The minimum atomic E-state index is -0.499. The summed E-state index contributed by atoms with van der Waals surface area (Å²) in [7, 11) is 0. The van der Waals surface area contributed by atoms with Gasteiger partial charge < -0.3 is 14.5 Å². The van der Waals surface area contributed by atoms with E-state index in [1.54, 1.807) is 18.4 Å². The number of halogens is 1. The molecule has 0 bridgehead atoms. The molecule has 0 aliphatic rings. The van der Waals surface area contributed by atoms with Crippen LogP contribution in [0.25, 0.3) is 11.0 Å². The van der Waals surface area contributed by atoms with Crippen molar-refractivity contribution in [2.45, 2.75) is 27.2 Å². The van der Waals surface area contributed by atoms with Crippen molar-refractivity contribution in [1.29, 1.82) is 0 Å². The number of carbonyl (C=O) groups is 2. The normalized spacial score (nSPS) is 10.8. The summed E-state index contributed by atoms with van der Waals surface area (Å²) >= 11 is 6.08. The SMILES string of the molecule is Cc1ccc(NC(=O)COC(=O)Cc2coc3c(C)c(C)ccc23)c(Cl)c1. The highest BCUT2D eigenvalue weighted by Crippen LogP contribution is 2.27. The summed E-state index contributed by atoms with van der Waals surface area (Å²) in [5.41, 5.74) is 5.14. The fraction of sp³-hybridized carbons (Fsp3) is 0.238. The van der Waals surface area contributed by atoms with E-state index >= 15 is 0 Å². The molecule has 0 saturated heterocycles. The van der Waals surface area contributed by atoms with Crippen molar-refractivity contribution in [1.82, 2.24) is 0 Å². The van der Waals surface area contributed by atoms with E-state index in [0.717, 1.165) is 33.2 Å². The number of ether oxygens (including phenoxy) is 1. The first-order valence-corrected chi connectivity index (χ1v) is 8.91. The largest absolute Gasteiger partial charge is 0.464 e. The summed E-state index contributed by atoms with van der Waals surface area (Å²) in [6.07, 6.45) is 1.60. The number of hydrogen-bond donors (Lipinski definition) is 1. The van der Waals surface area contributed by atoms with Crippen LogP contribution in [0, 0.1) is 20.8 Å². The van der Waals surface area contributed by atoms with Gasteiger partial charge in [0.1, 0.15) is 5.58 Å². The van der Waals surface area contributed by atoms with Crippen LogP contribution in [-0.2, 0) is 20.7 Å². The van der Waals surface area contributed by atoms with Crippen molar-refractivity contribution < 1.29 is 18.7 Å². The lowest BCUT2D eigenvalue weighted by atomic mass is 10.0. The number of furan rings is 1. The topological polar surface area (TPSA) is 68.5 Å². The van der Waals surface area contributed by atoms with E-state index in [9.17, 15) is 9.59 Å². The number of esters is 1. The Morgan fingerprint density at radius 1 is 1.15 bits per heavy atom. The molecule has 3 aromatic rings. The van der Waals surface area contributed by atoms with Gasteiger partial charge in [-0.15, -0.1) is 0 Å². The Labute approximate surface area is 162 Å². The maximum atomic E-state index is 12.1. The second-order valence-electron chi connectivity index (χ2n) is 6.51. The van der Waals surface area contributed by atoms with Crippen LogP contribution < -0.4 is 5.32 Å². The zero-order valence-corrected chi connectivity index (χ0v) is 16.1. The number of benzene rings is 2. The van der Waals surface area contributed by atoms with Crippen molar-refractivity contribution in [3.63, 3.8) is 0 Å². The summed E-state index contributed by atoms with van der Waals surface area (Å²) < 4.78 is 10.7. The molecule has 0 unspecified atom stereocenters. The lowest BCUT2D eigenvalue weighted by Gasteiger charge is -2.08. The van der Waals surface area contributed by atoms with Crippen LogP contribution in [0.3, 0.4) is 0 Å². The van der Waals surface area contributed by atoms with E-state index in [2.05, 4.69) is 5.32 Å². The Bertz CT molecular complexity index is 1020. The van der Waals surface area contributed by atoms with Gasteiger partial charge in [-0.3, -0.25) is 9.59 Å². The minimum Gasteiger partial charge on any atom is -0.464 e. The van der Waals surface area contributed by atoms with E-state index in [1.165, 1.54) is 0 Å². The Kier molecular flexibility index (Phi) is 5.51. The molecule has 1 heterocycles. The molecule has 140 valence electrons. The number of carbonyl (C=O) groups excluding carboxylic acids is 2. The van der Waals surface area contributed by atoms with Crippen molar-refractivity contribution in [3.8, 4) is 0 Å². The third-order valence-corrected chi connectivity index (χ3v) is 4.75. The lowest BCUT2D eigenvalue weighted by Crippen LogP contribution is -2.21. The molecule has 1 amide bonds. The molecule has 0 radical (unpaired) electrons. The molecule has 1 aromatic heterocycles. The molecule has 0 fully saturated rings. The summed E-state index contributed by atoms with van der Waals surface area (Å²) in [5.74, 6) is -0.946. The van der Waals surface area contributed by atoms with Crippen LogP contribution in [0.4, 0.5) is 5.69 Å². The molecular formula is C21H20ClNO4. The number of hydrogen-bond acceptors (Lipinski definition) is 4. The monoisotopic (exact) mass is 385 g/mol. The zero-order chi connectivity index (χ0) is 19.6. The molecule has 6 heteroatoms. The highest BCUT2D eigenvalue weighted by Gasteiger charge is 2.15. The maximum absolute atomic E-state index is 12.1. The molecule has 3 rings (SSSR count). The van der Waals surface area contributed by atoms with Gasteiger partial charge in [-0.1, -0.05) is 29.8 Å². The van der Waals surface area contributed by atoms with Crippen molar-refractivity contribution >= 4 is 40.1 Å². The average Bonchev–Trinajstić information content (AvgIpc) is 3.02. The Morgan fingerprint density at radius 3 is 2.67 bits per heavy atom. The van der Waals surface area contributed by atoms with E-state index in [0.29, 0.717) is 10.7 Å². The first-order valence-electron chi connectivity index (χ1n) is 8.53. The van der Waals surface area contributed by atoms with Gasteiger partial charge in [0.15, 0.2) is 6.61 Å². The second-order valence-corrected chi connectivity index (χ2v) is 6.92. The van der Waals surface area contributed by atoms with Gasteiger partial charge in [0.25, 0.3) is 5.91 Å². The van der Waals surface area contributed by atoms with Crippen molar-refractivity contribution in [2.75, 3.05) is 11.9 Å². The molecule has 27 heavy (non-hydrogen) atoms. The molecule has 0 spiro atoms. The third kappa shape index (κ3) is 4.31. The van der Waals surface area contributed by atoms with Crippen LogP contribution in [-0.4, -0.2) is 18.5 Å². The predicted octanol–water partition coefficient (Wildman–Crippen LogP) is 4.74. The smallest absolute Gasteiger partial charge is 0.310 e. The van der Waals surface area contributed by atoms with Crippen molar-refractivity contribution in [2.24, 2.45) is 0 Å². The number of aryl methyl sites for hydroxylation is 3. The average molecular weight is 386 g/mol. The highest BCUT2D eigenvalue weighted by molar-refractivity contribution is 6.33. The number of anilines is 1. The standard InChI is InChI=1S/C21H20ClNO4/c1-12-4-7-18(17(22)8-12)23-19(24)11-26-20(25)9-15-10-27-21-14(3)13(2)5-6-16(15)21/h4-8,10H,9,11H2,1-3H3,(H,23,24). The van der Waals surface area contributed by atoms with E-state index in [4.69, 9.17) is 20.8 Å². The quantitative estimate of drug-likeness (QED) is 0.644. The summed E-state index contributed by atoms with van der Waals surface area (Å²) in [6.45, 7) is 5.51. The molecule has 0 aliphatic heterocycles. The van der Waals surface area contributed by atoms with Crippen LogP contribution in [0.1, 0.15) is 22.3 Å². The van der Waals surface area contributed by atoms with Crippen LogP contribution >= 0.6 is 11.6 Å². The van der Waals surface area contributed by atoms with Crippen molar-refractivity contribution in [3.05, 3.63) is 63.9 Å². The molecule has 5 nitrogen and oxygen atoms in total. The van der Waals surface area contributed by atoms with Crippen LogP contribution in [0.5, 0.6) is 0 Å². The van der Waals surface area contributed by atoms with Gasteiger partial charge in [-0.05, 0) is 49.6 Å². The fourth-order valence-electron chi connectivity index (χ4n) is 2.79. The maximum Gasteiger partial charge on any atom is 0.310 e. The molecule has 0 atom stereocenters. The van der Waals surface area contributed by atoms with Gasteiger partial charge in [0, 0.05) is 10.9 Å². The lowest BCUT2D eigenvalue weighted by molar-refractivity contribution is -0.146. The molecule has 2 aromatic carbocycles. The number of amides is 1. The summed E-state index contributed by atoms with van der Waals surface area (Å²) in [4.78, 5) is 24.1. The van der Waals surface area contributed by atoms with Gasteiger partial charge in [-0.25, -0.2) is 0 Å². The zero-order valence-electron chi connectivity index (χ0n) is 15.4. The van der Waals surface area contributed by atoms with Gasteiger partial charge in [-0.2, -0.15) is 0 Å². The first-order chi connectivity index (χ1) is 12.8. The van der Waals surface area contributed by atoms with Gasteiger partial charge in [0.05, 0.1) is 23.4 Å². The van der Waals surface area contributed by atoms with Crippen LogP contribution in [0.15, 0.2) is 41.0 Å². The number of nitrogens with one attached hydrogen (secondary N) is 1. The number of fused-ring (bicyclic) bond motifs is 1. The molecule has 1 N–H and O–H groups in total. The Morgan fingerprint density at radius 2 is 1.93 bits per heavy atom. The van der Waals surface area contributed by atoms with E-state index < -0.39 is 11.9 Å². The van der Waals surface area contributed by atoms with Gasteiger partial charge in [0.2, 0.25) is 0 Å². The van der Waals surface area contributed by atoms with E-state index in [-0.39, 0.29) is 13.0 Å². The van der Waals surface area contributed by atoms with Gasteiger partial charge >= 0.3 is 5.97 Å². The summed E-state index contributed by atoms with van der Waals surface area (Å²) in [5, 5.41) is 3.94. The third-order valence-electron chi connectivity index (χ3n) is 4.44. The number of rotatable bonds is 5. The fourth-order valence-corrected chi connectivity index (χ4v) is 3.07. The Balaban J connectivity index is 1.58. The predicted molar refractivity (Wildman–Crippen MR) is 105 cm³/mol. The summed E-state index contributed by atoms with van der Waals surface area (Å²) in [6, 6.07) is 9.20. The minimum absolute atomic E-state index is 0.0358. The second kappa shape index (κ2) is 7.84. The molecule has 0 saturated carbocycles.